The molecule has 26 heavy (non-hydrogen) atoms. The highest BCUT2D eigenvalue weighted by atomic mass is 32.3. The summed E-state index contributed by atoms with van der Waals surface area (Å²) < 4.78 is 34.7. The number of carbonyl (C=O) groups excluding carboxylic acids is 3. The highest BCUT2D eigenvalue weighted by Crippen LogP contribution is 2.30. The summed E-state index contributed by atoms with van der Waals surface area (Å²) in [5.41, 5.74) is 4.64. The molecule has 3 rings (SSSR count). The number of nitrogens with one attached hydrogen (secondary N) is 2. The molecule has 2 atom stereocenters. The number of nitrogens with zero attached hydrogens (tertiary/aromatic N) is 3. The van der Waals surface area contributed by atoms with Crippen LogP contribution in [0.1, 0.15) is 25.7 Å². The Morgan fingerprint density at radius 2 is 1.88 bits per heavy atom. The first-order valence-electron chi connectivity index (χ1n) is 8.32. The number of amides is 4. The number of urea groups is 1. The van der Waals surface area contributed by atoms with Gasteiger partial charge in [0.05, 0.1) is 12.6 Å². The number of hydroxylamine groups is 2. The van der Waals surface area contributed by atoms with Gasteiger partial charge in [-0.15, -0.1) is 4.28 Å². The number of piperidine rings is 1. The molecule has 0 aromatic heterocycles. The molecule has 3 aliphatic heterocycles. The lowest BCUT2D eigenvalue weighted by Gasteiger charge is -2.29. The minimum atomic E-state index is -4.83. The molecule has 3 heterocycles. The Morgan fingerprint density at radius 1 is 1.19 bits per heavy atom. The average Bonchev–Trinajstić information content (AvgIpc) is 3.15. The maximum absolute atomic E-state index is 12.3. The topological polar surface area (TPSA) is 149 Å². The fraction of sp³-hybridized carbons (Fsp3) is 0.769. The van der Waals surface area contributed by atoms with E-state index in [1.54, 1.807) is 0 Å². The van der Waals surface area contributed by atoms with Gasteiger partial charge in [0, 0.05) is 6.54 Å². The van der Waals surface area contributed by atoms with Crippen LogP contribution in [0.5, 0.6) is 0 Å². The Bertz CT molecular complexity index is 693. The molecule has 2 bridgehead atoms. The van der Waals surface area contributed by atoms with E-state index in [0.29, 0.717) is 11.5 Å². The van der Waals surface area contributed by atoms with Crippen LogP contribution in [0.4, 0.5) is 4.79 Å². The Kier molecular flexibility index (Phi) is 5.32. The number of carbonyl (C=O) groups is 3. The van der Waals surface area contributed by atoms with Gasteiger partial charge in [-0.25, -0.2) is 4.79 Å². The van der Waals surface area contributed by atoms with Crippen LogP contribution in [-0.4, -0.2) is 83.9 Å². The number of hydrazine groups is 1. The van der Waals surface area contributed by atoms with Crippen molar-refractivity contribution >= 4 is 28.2 Å². The summed E-state index contributed by atoms with van der Waals surface area (Å²) in [4.78, 5) is 39.5. The molecule has 0 aromatic rings. The van der Waals surface area contributed by atoms with Crippen molar-refractivity contribution in [1.29, 1.82) is 0 Å². The molecule has 146 valence electrons. The van der Waals surface area contributed by atoms with Crippen molar-refractivity contribution in [3.63, 3.8) is 0 Å². The first kappa shape index (κ1) is 18.8. The third-order valence-electron chi connectivity index (χ3n) is 4.69. The number of rotatable bonds is 5. The van der Waals surface area contributed by atoms with Crippen LogP contribution >= 0.6 is 0 Å². The number of hydrogen-bond acceptors (Lipinski definition) is 7. The van der Waals surface area contributed by atoms with Crippen molar-refractivity contribution in [3.8, 4) is 0 Å². The Hall–Kier alpha value is -1.96. The van der Waals surface area contributed by atoms with Crippen LogP contribution in [0.25, 0.3) is 0 Å². The van der Waals surface area contributed by atoms with Crippen LogP contribution in [0, 0.1) is 0 Å². The van der Waals surface area contributed by atoms with Gasteiger partial charge in [-0.3, -0.25) is 29.9 Å². The van der Waals surface area contributed by atoms with Gasteiger partial charge in [0.15, 0.2) is 0 Å². The minimum Gasteiger partial charge on any atom is -0.309 e. The van der Waals surface area contributed by atoms with Crippen molar-refractivity contribution in [2.24, 2.45) is 0 Å². The maximum Gasteiger partial charge on any atom is 0.418 e. The first-order chi connectivity index (χ1) is 12.2. The van der Waals surface area contributed by atoms with Crippen molar-refractivity contribution in [1.82, 2.24) is 25.7 Å². The monoisotopic (exact) mass is 391 g/mol. The van der Waals surface area contributed by atoms with Gasteiger partial charge < -0.3 is 4.90 Å². The second kappa shape index (κ2) is 7.34. The van der Waals surface area contributed by atoms with Gasteiger partial charge in [0.2, 0.25) is 0 Å². The van der Waals surface area contributed by atoms with E-state index in [9.17, 15) is 22.8 Å². The molecule has 13 heteroatoms. The summed E-state index contributed by atoms with van der Waals surface area (Å²) in [6.07, 6.45) is 2.68. The predicted octanol–water partition coefficient (Wildman–Crippen LogP) is -1.77. The molecule has 3 aliphatic rings. The minimum absolute atomic E-state index is 0.0914. The van der Waals surface area contributed by atoms with Crippen molar-refractivity contribution in [2.75, 3.05) is 26.2 Å². The largest absolute Gasteiger partial charge is 0.418 e. The second-order valence-electron chi connectivity index (χ2n) is 6.53. The fourth-order valence-corrected chi connectivity index (χ4v) is 3.89. The van der Waals surface area contributed by atoms with E-state index in [0.717, 1.165) is 30.8 Å². The van der Waals surface area contributed by atoms with Gasteiger partial charge in [0.1, 0.15) is 6.04 Å². The summed E-state index contributed by atoms with van der Waals surface area (Å²) in [6.45, 7) is 1.97. The molecule has 4 amide bonds. The Balaban J connectivity index is 1.52. The SMILES string of the molecule is O=C(CN1CCCC1)NNC(=O)[C@@H]1CCC2CN1C(=O)N2OS(=O)(=O)O. The zero-order valence-corrected chi connectivity index (χ0v) is 14.8. The highest BCUT2D eigenvalue weighted by Gasteiger charge is 2.49. The van der Waals surface area contributed by atoms with E-state index < -0.39 is 34.4 Å². The molecular weight excluding hydrogens is 370 g/mol. The lowest BCUT2D eigenvalue weighted by molar-refractivity contribution is -0.132. The normalized spacial score (nSPS) is 26.3. The summed E-state index contributed by atoms with van der Waals surface area (Å²) in [5.74, 6) is -0.918. The zero-order chi connectivity index (χ0) is 18.9. The van der Waals surface area contributed by atoms with Gasteiger partial charge in [-0.2, -0.15) is 13.5 Å². The van der Waals surface area contributed by atoms with Crippen LogP contribution in [0.3, 0.4) is 0 Å². The van der Waals surface area contributed by atoms with Crippen molar-refractivity contribution in [3.05, 3.63) is 0 Å². The van der Waals surface area contributed by atoms with Gasteiger partial charge >= 0.3 is 16.4 Å². The quantitative estimate of drug-likeness (QED) is 0.368. The smallest absolute Gasteiger partial charge is 0.309 e. The Labute approximate surface area is 150 Å². The van der Waals surface area contributed by atoms with E-state index in [1.165, 1.54) is 0 Å². The maximum atomic E-state index is 12.3. The Morgan fingerprint density at radius 3 is 2.54 bits per heavy atom. The summed E-state index contributed by atoms with van der Waals surface area (Å²) in [5, 5.41) is 0.564. The molecule has 0 saturated carbocycles. The molecule has 12 nitrogen and oxygen atoms in total. The van der Waals surface area contributed by atoms with E-state index in [-0.39, 0.29) is 25.4 Å². The molecule has 1 unspecified atom stereocenters. The van der Waals surface area contributed by atoms with Crippen molar-refractivity contribution < 1.29 is 31.6 Å². The number of hydrogen-bond donors (Lipinski definition) is 3. The predicted molar refractivity (Wildman–Crippen MR) is 85.3 cm³/mol. The van der Waals surface area contributed by atoms with E-state index in [2.05, 4.69) is 15.1 Å². The standard InChI is InChI=1S/C13H21N5O7S/c19-11(8-16-5-1-2-6-16)14-15-12(20)10-4-3-9-7-17(10)13(21)18(9)25-26(22,23)24/h9-10H,1-8H2,(H,14,19)(H,15,20)(H,22,23,24)/t9?,10-/m0/s1. The number of likely N-dealkylation sites (tertiary alicyclic amines) is 1. The first-order valence-corrected chi connectivity index (χ1v) is 9.69. The van der Waals surface area contributed by atoms with Gasteiger partial charge in [0.25, 0.3) is 11.8 Å². The molecule has 3 fully saturated rings. The highest BCUT2D eigenvalue weighted by molar-refractivity contribution is 7.80. The summed E-state index contributed by atoms with van der Waals surface area (Å²) in [6, 6.07) is -2.26. The molecule has 3 N–H and O–H groups in total. The molecule has 3 saturated heterocycles. The lowest BCUT2D eigenvalue weighted by atomic mass is 10.0. The van der Waals surface area contributed by atoms with E-state index in [1.807, 2.05) is 4.90 Å². The molecule has 0 aromatic carbocycles. The number of fused-ring (bicyclic) bond motifs is 2. The van der Waals surface area contributed by atoms with Crippen LogP contribution in [-0.2, 0) is 24.3 Å². The average molecular weight is 391 g/mol. The van der Waals surface area contributed by atoms with Gasteiger partial charge in [-0.05, 0) is 38.8 Å². The van der Waals surface area contributed by atoms with Gasteiger partial charge in [-0.1, -0.05) is 0 Å². The zero-order valence-electron chi connectivity index (χ0n) is 14.0. The molecule has 0 aliphatic carbocycles. The van der Waals surface area contributed by atoms with Crippen molar-refractivity contribution in [2.45, 2.75) is 37.8 Å². The summed E-state index contributed by atoms with van der Waals surface area (Å²) in [7, 11) is -4.83. The second-order valence-corrected chi connectivity index (χ2v) is 7.54. The molecule has 0 spiro atoms. The third-order valence-corrected chi connectivity index (χ3v) is 5.04. The van der Waals surface area contributed by atoms with Crippen LogP contribution in [0.15, 0.2) is 0 Å². The molecule has 0 radical (unpaired) electrons. The van der Waals surface area contributed by atoms with E-state index in [4.69, 9.17) is 4.55 Å². The molecular formula is C13H21N5O7S. The van der Waals surface area contributed by atoms with E-state index >= 15 is 0 Å². The van der Waals surface area contributed by atoms with Crippen LogP contribution in [0.2, 0.25) is 0 Å². The fourth-order valence-electron chi connectivity index (χ4n) is 3.50. The third kappa shape index (κ3) is 4.23. The summed E-state index contributed by atoms with van der Waals surface area (Å²) >= 11 is 0. The lowest BCUT2D eigenvalue weighted by Crippen LogP contribution is -2.55. The van der Waals surface area contributed by atoms with Crippen LogP contribution < -0.4 is 10.9 Å².